The number of para-hydroxylation sites is 1. The first-order valence-corrected chi connectivity index (χ1v) is 15.3. The number of rotatable bonds is 15. The van der Waals surface area contributed by atoms with Gasteiger partial charge in [0, 0.05) is 29.9 Å². The maximum Gasteiger partial charge on any atom is 0.326 e. The monoisotopic (exact) mass is 627 g/mol. The number of carboxylic acid groups (broad SMARTS) is 1. The van der Waals surface area contributed by atoms with E-state index in [9.17, 15) is 29.4 Å². The number of phenols is 1. The first-order valence-electron chi connectivity index (χ1n) is 15.3. The van der Waals surface area contributed by atoms with Crippen molar-refractivity contribution in [2.75, 3.05) is 0 Å². The summed E-state index contributed by atoms with van der Waals surface area (Å²) in [5.74, 6) is -3.34. The zero-order chi connectivity index (χ0) is 33.2. The summed E-state index contributed by atoms with van der Waals surface area (Å²) < 4.78 is 0. The molecule has 5 unspecified atom stereocenters. The van der Waals surface area contributed by atoms with Crippen LogP contribution in [0.25, 0.3) is 10.9 Å². The van der Waals surface area contributed by atoms with Crippen molar-refractivity contribution in [2.24, 2.45) is 11.7 Å². The highest BCUT2D eigenvalue weighted by molar-refractivity contribution is 5.94. The number of aromatic amines is 1. The number of hydrogen-bond acceptors (Lipinski definition) is 6. The van der Waals surface area contributed by atoms with E-state index >= 15 is 0 Å². The van der Waals surface area contributed by atoms with Crippen molar-refractivity contribution >= 4 is 34.6 Å². The lowest BCUT2D eigenvalue weighted by Crippen LogP contribution is -2.59. The Kier molecular flexibility index (Phi) is 11.5. The summed E-state index contributed by atoms with van der Waals surface area (Å²) in [5, 5.41) is 28.5. The molecule has 0 fully saturated rings. The number of benzene rings is 3. The summed E-state index contributed by atoms with van der Waals surface area (Å²) in [5.41, 5.74) is 9.51. The Morgan fingerprint density at radius 2 is 1.37 bits per heavy atom. The van der Waals surface area contributed by atoms with Crippen LogP contribution in [0.2, 0.25) is 0 Å². The molecule has 11 heteroatoms. The molecule has 46 heavy (non-hydrogen) atoms. The molecule has 8 N–H and O–H groups in total. The SMILES string of the molecule is CCC(C)C(NC(=O)C(Cc1ccccc1)NC(=O)C(N)Cc1c[nH]c2ccccc12)C(=O)NC(Cc1ccc(O)cc1)C(=O)O. The molecule has 0 radical (unpaired) electrons. The van der Waals surface area contributed by atoms with E-state index in [4.69, 9.17) is 5.73 Å². The largest absolute Gasteiger partial charge is 0.508 e. The second-order valence-corrected chi connectivity index (χ2v) is 11.6. The molecule has 0 aliphatic rings. The summed E-state index contributed by atoms with van der Waals surface area (Å²) in [7, 11) is 0. The molecule has 1 heterocycles. The second-order valence-electron chi connectivity index (χ2n) is 11.6. The lowest BCUT2D eigenvalue weighted by molar-refractivity contribution is -0.142. The normalized spacial score (nSPS) is 14.4. The van der Waals surface area contributed by atoms with E-state index < -0.39 is 47.9 Å². The molecule has 0 spiro atoms. The van der Waals surface area contributed by atoms with Crippen molar-refractivity contribution < 1.29 is 29.4 Å². The van der Waals surface area contributed by atoms with E-state index in [1.165, 1.54) is 12.1 Å². The summed E-state index contributed by atoms with van der Waals surface area (Å²) in [6.45, 7) is 3.64. The number of carbonyl (C=O) groups excluding carboxylic acids is 3. The van der Waals surface area contributed by atoms with Gasteiger partial charge < -0.3 is 36.9 Å². The predicted molar refractivity (Wildman–Crippen MR) is 175 cm³/mol. The summed E-state index contributed by atoms with van der Waals surface area (Å²) in [6, 6.07) is 18.5. The number of hydrogen-bond donors (Lipinski definition) is 7. The van der Waals surface area contributed by atoms with Crippen molar-refractivity contribution in [3.05, 3.63) is 102 Å². The fraction of sp³-hybridized carbons (Fsp3) is 0.314. The van der Waals surface area contributed by atoms with Crippen LogP contribution in [-0.2, 0) is 38.4 Å². The third kappa shape index (κ3) is 8.95. The summed E-state index contributed by atoms with van der Waals surface area (Å²) in [4.78, 5) is 55.9. The van der Waals surface area contributed by atoms with E-state index in [-0.39, 0.29) is 30.9 Å². The molecule has 1 aromatic heterocycles. The molecule has 3 amide bonds. The molecule has 0 aliphatic carbocycles. The number of aromatic hydroxyl groups is 1. The topological polar surface area (TPSA) is 187 Å². The maximum absolute atomic E-state index is 13.8. The van der Waals surface area contributed by atoms with E-state index in [0.717, 1.165) is 22.0 Å². The third-order valence-electron chi connectivity index (χ3n) is 8.15. The van der Waals surface area contributed by atoms with Gasteiger partial charge in [-0.05, 0) is 47.2 Å². The molecule has 3 aromatic carbocycles. The molecular weight excluding hydrogens is 586 g/mol. The van der Waals surface area contributed by atoms with Crippen molar-refractivity contribution in [3.8, 4) is 5.75 Å². The van der Waals surface area contributed by atoms with E-state index in [1.54, 1.807) is 19.1 Å². The van der Waals surface area contributed by atoms with Gasteiger partial charge >= 0.3 is 5.97 Å². The van der Waals surface area contributed by atoms with Crippen LogP contribution in [0.3, 0.4) is 0 Å². The highest BCUT2D eigenvalue weighted by atomic mass is 16.4. The molecule has 11 nitrogen and oxygen atoms in total. The minimum atomic E-state index is -1.28. The molecule has 242 valence electrons. The number of carbonyl (C=O) groups is 4. The number of aliphatic carboxylic acids is 1. The number of phenolic OH excluding ortho intramolecular Hbond substituents is 1. The molecule has 4 rings (SSSR count). The number of nitrogens with one attached hydrogen (secondary N) is 4. The number of amides is 3. The number of fused-ring (bicyclic) bond motifs is 1. The van der Waals surface area contributed by atoms with Crippen LogP contribution in [0.4, 0.5) is 0 Å². The smallest absolute Gasteiger partial charge is 0.326 e. The Morgan fingerprint density at radius 1 is 0.761 bits per heavy atom. The highest BCUT2D eigenvalue weighted by Gasteiger charge is 2.33. The summed E-state index contributed by atoms with van der Waals surface area (Å²) >= 11 is 0. The molecule has 0 saturated carbocycles. The van der Waals surface area contributed by atoms with Crippen molar-refractivity contribution in [1.82, 2.24) is 20.9 Å². The van der Waals surface area contributed by atoms with Crippen LogP contribution in [0.5, 0.6) is 5.75 Å². The number of carboxylic acids is 1. The fourth-order valence-electron chi connectivity index (χ4n) is 5.25. The van der Waals surface area contributed by atoms with Crippen LogP contribution in [0, 0.1) is 5.92 Å². The van der Waals surface area contributed by atoms with Gasteiger partial charge in [0.25, 0.3) is 0 Å². The Morgan fingerprint density at radius 3 is 2.04 bits per heavy atom. The molecular formula is C35H41N5O6. The Hall–Kier alpha value is -5.16. The van der Waals surface area contributed by atoms with Crippen molar-refractivity contribution in [3.63, 3.8) is 0 Å². The Balaban J connectivity index is 1.49. The van der Waals surface area contributed by atoms with Gasteiger partial charge in [0.1, 0.15) is 23.9 Å². The average Bonchev–Trinajstić information content (AvgIpc) is 3.46. The van der Waals surface area contributed by atoms with Gasteiger partial charge in [0.15, 0.2) is 0 Å². The lowest BCUT2D eigenvalue weighted by atomic mass is 9.96. The first-order chi connectivity index (χ1) is 22.0. The zero-order valence-electron chi connectivity index (χ0n) is 25.9. The lowest BCUT2D eigenvalue weighted by Gasteiger charge is -2.28. The van der Waals surface area contributed by atoms with Crippen LogP contribution in [-0.4, -0.2) is 63.1 Å². The van der Waals surface area contributed by atoms with Crippen LogP contribution in [0.15, 0.2) is 85.1 Å². The first kappa shape index (κ1) is 33.7. The second kappa shape index (κ2) is 15.7. The van der Waals surface area contributed by atoms with Gasteiger partial charge in [0.05, 0.1) is 6.04 Å². The van der Waals surface area contributed by atoms with Crippen LogP contribution < -0.4 is 21.7 Å². The van der Waals surface area contributed by atoms with Crippen molar-refractivity contribution in [1.29, 1.82) is 0 Å². The van der Waals surface area contributed by atoms with Crippen LogP contribution in [0.1, 0.15) is 37.0 Å². The van der Waals surface area contributed by atoms with E-state index in [0.29, 0.717) is 12.0 Å². The van der Waals surface area contributed by atoms with E-state index in [1.807, 2.05) is 67.7 Å². The molecule has 4 aromatic rings. The van der Waals surface area contributed by atoms with Gasteiger partial charge in [-0.15, -0.1) is 0 Å². The van der Waals surface area contributed by atoms with E-state index in [2.05, 4.69) is 20.9 Å². The molecule has 0 bridgehead atoms. The molecule has 5 atom stereocenters. The minimum Gasteiger partial charge on any atom is -0.508 e. The van der Waals surface area contributed by atoms with Crippen LogP contribution >= 0.6 is 0 Å². The third-order valence-corrected chi connectivity index (χ3v) is 8.15. The maximum atomic E-state index is 13.8. The standard InChI is InChI=1S/C35H41N5O6/c1-3-21(2)31(34(44)39-30(35(45)46)18-23-13-15-25(41)16-14-23)40-33(43)29(17-22-9-5-4-6-10-22)38-32(42)27(36)19-24-20-37-28-12-8-7-11-26(24)28/h4-16,20-21,27,29-31,37,41H,3,17-19,36H2,1-2H3,(H,38,42)(H,39,44)(H,40,43)(H,45,46). The fourth-order valence-corrected chi connectivity index (χ4v) is 5.25. The Labute approximate surface area is 267 Å². The number of aromatic nitrogens is 1. The Bertz CT molecular complexity index is 1640. The van der Waals surface area contributed by atoms with Crippen molar-refractivity contribution in [2.45, 2.75) is 63.7 Å². The predicted octanol–water partition coefficient (Wildman–Crippen LogP) is 2.81. The van der Waals surface area contributed by atoms with Gasteiger partial charge in [0.2, 0.25) is 17.7 Å². The number of H-pyrrole nitrogens is 1. The molecule has 0 saturated heterocycles. The van der Waals surface area contributed by atoms with Gasteiger partial charge in [-0.3, -0.25) is 14.4 Å². The molecule has 0 aliphatic heterocycles. The minimum absolute atomic E-state index is 0.0243. The zero-order valence-corrected chi connectivity index (χ0v) is 25.9. The highest BCUT2D eigenvalue weighted by Crippen LogP contribution is 2.19. The van der Waals surface area contributed by atoms with Gasteiger partial charge in [-0.1, -0.05) is 80.9 Å². The van der Waals surface area contributed by atoms with Gasteiger partial charge in [-0.25, -0.2) is 4.79 Å². The quantitative estimate of drug-likeness (QED) is 0.106. The summed E-state index contributed by atoms with van der Waals surface area (Å²) in [6.07, 6.45) is 2.69. The van der Waals surface area contributed by atoms with Gasteiger partial charge in [-0.2, -0.15) is 0 Å². The average molecular weight is 628 g/mol. The number of nitrogens with two attached hydrogens (primary N) is 1.